The summed E-state index contributed by atoms with van der Waals surface area (Å²) in [6.07, 6.45) is 1.60. The summed E-state index contributed by atoms with van der Waals surface area (Å²) in [5, 5.41) is 3.22. The average molecular weight is 315 g/mol. The molecule has 3 rings (SSSR count). The number of methoxy groups -OCH3 is 1. The highest BCUT2D eigenvalue weighted by atomic mass is 32.2. The predicted octanol–water partition coefficient (Wildman–Crippen LogP) is 2.96. The Morgan fingerprint density at radius 2 is 2.18 bits per heavy atom. The Morgan fingerprint density at radius 1 is 1.32 bits per heavy atom. The summed E-state index contributed by atoms with van der Waals surface area (Å²) in [4.78, 5) is 20.3. The number of hydrogen-bond acceptors (Lipinski definition) is 6. The molecule has 0 saturated carbocycles. The molecular formula is C15H13N3O3S. The quantitative estimate of drug-likeness (QED) is 0.729. The minimum absolute atomic E-state index is 0.182. The van der Waals surface area contributed by atoms with Crippen molar-refractivity contribution in [3.8, 4) is 5.88 Å². The maximum atomic E-state index is 12.0. The molecule has 3 aromatic rings. The highest BCUT2D eigenvalue weighted by Crippen LogP contribution is 2.24. The van der Waals surface area contributed by atoms with E-state index in [1.807, 2.05) is 24.3 Å². The first-order chi connectivity index (χ1) is 10.8. The number of benzene rings is 1. The fourth-order valence-electron chi connectivity index (χ4n) is 1.87. The smallest absolute Gasteiger partial charge is 0.257 e. The zero-order valence-corrected chi connectivity index (χ0v) is 12.6. The third-order valence-electron chi connectivity index (χ3n) is 2.84. The van der Waals surface area contributed by atoms with Crippen LogP contribution >= 0.6 is 11.8 Å². The molecule has 0 saturated heterocycles. The van der Waals surface area contributed by atoms with Crippen LogP contribution < -0.4 is 10.1 Å². The number of thioether (sulfide) groups is 1. The second-order valence-electron chi connectivity index (χ2n) is 4.34. The lowest BCUT2D eigenvalue weighted by atomic mass is 10.3. The fourth-order valence-corrected chi connectivity index (χ4v) is 2.51. The molecule has 0 fully saturated rings. The van der Waals surface area contributed by atoms with Crippen LogP contribution in [0.1, 0.15) is 0 Å². The van der Waals surface area contributed by atoms with Crippen molar-refractivity contribution in [2.45, 2.75) is 5.22 Å². The van der Waals surface area contributed by atoms with Gasteiger partial charge in [0, 0.05) is 6.20 Å². The molecular weight excluding hydrogens is 302 g/mol. The zero-order valence-electron chi connectivity index (χ0n) is 11.8. The molecule has 1 amide bonds. The topological polar surface area (TPSA) is 77.2 Å². The molecule has 1 N–H and O–H groups in total. The second kappa shape index (κ2) is 6.48. The van der Waals surface area contributed by atoms with Gasteiger partial charge in [0.25, 0.3) is 5.22 Å². The van der Waals surface area contributed by atoms with Crippen LogP contribution in [-0.4, -0.2) is 28.7 Å². The van der Waals surface area contributed by atoms with Gasteiger partial charge in [0.15, 0.2) is 5.58 Å². The summed E-state index contributed by atoms with van der Waals surface area (Å²) in [7, 11) is 1.51. The summed E-state index contributed by atoms with van der Waals surface area (Å²) < 4.78 is 10.6. The van der Waals surface area contributed by atoms with Gasteiger partial charge in [0.1, 0.15) is 11.2 Å². The third kappa shape index (κ3) is 3.20. The summed E-state index contributed by atoms with van der Waals surface area (Å²) in [6, 6.07) is 10.9. The number of hydrogen-bond donors (Lipinski definition) is 1. The number of carbonyl (C=O) groups excluding carboxylic acids is 1. The molecule has 0 radical (unpaired) electrons. The first-order valence-electron chi connectivity index (χ1n) is 6.53. The molecule has 22 heavy (non-hydrogen) atoms. The highest BCUT2D eigenvalue weighted by Gasteiger charge is 2.11. The molecule has 0 aliphatic carbocycles. The largest absolute Gasteiger partial charge is 0.480 e. The van der Waals surface area contributed by atoms with E-state index in [0.29, 0.717) is 22.4 Å². The summed E-state index contributed by atoms with van der Waals surface area (Å²) in [5.41, 5.74) is 2.02. The van der Waals surface area contributed by atoms with Crippen molar-refractivity contribution in [2.24, 2.45) is 0 Å². The van der Waals surface area contributed by atoms with Gasteiger partial charge in [-0.05, 0) is 24.3 Å². The van der Waals surface area contributed by atoms with Gasteiger partial charge in [0.05, 0.1) is 12.9 Å². The van der Waals surface area contributed by atoms with Gasteiger partial charge in [0.2, 0.25) is 11.8 Å². The summed E-state index contributed by atoms with van der Waals surface area (Å²) in [5.74, 6) is 0.381. The van der Waals surface area contributed by atoms with Gasteiger partial charge >= 0.3 is 0 Å². The average Bonchev–Trinajstić information content (AvgIpc) is 2.96. The number of nitrogens with one attached hydrogen (secondary N) is 1. The predicted molar refractivity (Wildman–Crippen MR) is 84.2 cm³/mol. The fraction of sp³-hybridized carbons (Fsp3) is 0.133. The molecule has 0 bridgehead atoms. The lowest BCUT2D eigenvalue weighted by Gasteiger charge is -2.07. The maximum absolute atomic E-state index is 12.0. The van der Waals surface area contributed by atoms with E-state index >= 15 is 0 Å². The second-order valence-corrected chi connectivity index (χ2v) is 5.27. The van der Waals surface area contributed by atoms with E-state index in [0.717, 1.165) is 5.52 Å². The molecule has 0 unspecified atom stereocenters. The minimum atomic E-state index is -0.182. The zero-order chi connectivity index (χ0) is 15.4. The third-order valence-corrected chi connectivity index (χ3v) is 3.67. The molecule has 7 heteroatoms. The monoisotopic (exact) mass is 315 g/mol. The number of para-hydroxylation sites is 2. The van der Waals surface area contributed by atoms with Crippen LogP contribution in [0.2, 0.25) is 0 Å². The number of pyridine rings is 1. The Balaban J connectivity index is 1.62. The van der Waals surface area contributed by atoms with Crippen molar-refractivity contribution < 1.29 is 13.9 Å². The van der Waals surface area contributed by atoms with Crippen LogP contribution in [0.4, 0.5) is 5.69 Å². The first-order valence-corrected chi connectivity index (χ1v) is 7.52. The number of ether oxygens (including phenoxy) is 1. The number of rotatable bonds is 5. The molecule has 0 spiro atoms. The van der Waals surface area contributed by atoms with Crippen molar-refractivity contribution in [3.63, 3.8) is 0 Å². The van der Waals surface area contributed by atoms with Gasteiger partial charge in [-0.25, -0.2) is 9.97 Å². The van der Waals surface area contributed by atoms with Crippen LogP contribution in [-0.2, 0) is 4.79 Å². The SMILES string of the molecule is COc1ncccc1NC(=O)CSc1nc2ccccc2o1. The van der Waals surface area contributed by atoms with Crippen LogP contribution in [0.25, 0.3) is 11.1 Å². The maximum Gasteiger partial charge on any atom is 0.257 e. The highest BCUT2D eigenvalue weighted by molar-refractivity contribution is 7.99. The lowest BCUT2D eigenvalue weighted by molar-refractivity contribution is -0.113. The van der Waals surface area contributed by atoms with E-state index < -0.39 is 0 Å². The molecule has 1 aromatic carbocycles. The minimum Gasteiger partial charge on any atom is -0.480 e. The number of anilines is 1. The van der Waals surface area contributed by atoms with Gasteiger partial charge < -0.3 is 14.5 Å². The van der Waals surface area contributed by atoms with Gasteiger partial charge in [-0.15, -0.1) is 0 Å². The Hall–Kier alpha value is -2.54. The lowest BCUT2D eigenvalue weighted by Crippen LogP contribution is -2.15. The number of oxazole rings is 1. The number of fused-ring (bicyclic) bond motifs is 1. The van der Waals surface area contributed by atoms with Crippen LogP contribution in [0.3, 0.4) is 0 Å². The van der Waals surface area contributed by atoms with E-state index in [4.69, 9.17) is 9.15 Å². The first kappa shape index (κ1) is 14.4. The molecule has 0 atom stereocenters. The van der Waals surface area contributed by atoms with Crippen molar-refractivity contribution in [1.29, 1.82) is 0 Å². The van der Waals surface area contributed by atoms with E-state index in [2.05, 4.69) is 15.3 Å². The van der Waals surface area contributed by atoms with Gasteiger partial charge in [-0.2, -0.15) is 0 Å². The molecule has 112 valence electrons. The van der Waals surface area contributed by atoms with Crippen molar-refractivity contribution in [1.82, 2.24) is 9.97 Å². The molecule has 2 aromatic heterocycles. The summed E-state index contributed by atoms with van der Waals surface area (Å²) >= 11 is 1.24. The molecule has 0 aliphatic heterocycles. The normalized spacial score (nSPS) is 10.6. The van der Waals surface area contributed by atoms with E-state index in [9.17, 15) is 4.79 Å². The van der Waals surface area contributed by atoms with E-state index in [1.165, 1.54) is 18.9 Å². The molecule has 6 nitrogen and oxygen atoms in total. The Bertz CT molecular complexity index is 770. The Kier molecular flexibility index (Phi) is 4.24. The van der Waals surface area contributed by atoms with Crippen LogP contribution in [0.5, 0.6) is 5.88 Å². The number of carbonyl (C=O) groups is 1. The summed E-state index contributed by atoms with van der Waals surface area (Å²) in [6.45, 7) is 0. The molecule has 2 heterocycles. The van der Waals surface area contributed by atoms with E-state index in [-0.39, 0.29) is 11.7 Å². The van der Waals surface area contributed by atoms with Crippen molar-refractivity contribution in [3.05, 3.63) is 42.6 Å². The number of nitrogens with zero attached hydrogens (tertiary/aromatic N) is 2. The van der Waals surface area contributed by atoms with E-state index in [1.54, 1.807) is 18.3 Å². The standard InChI is InChI=1S/C15H13N3O3S/c1-20-14-11(6-4-8-16-14)17-13(19)9-22-15-18-10-5-2-3-7-12(10)21-15/h2-8H,9H2,1H3,(H,17,19). The van der Waals surface area contributed by atoms with Gasteiger partial charge in [-0.3, -0.25) is 4.79 Å². The van der Waals surface area contributed by atoms with Crippen LogP contribution in [0.15, 0.2) is 52.2 Å². The number of aromatic nitrogens is 2. The van der Waals surface area contributed by atoms with Crippen molar-refractivity contribution in [2.75, 3.05) is 18.2 Å². The van der Waals surface area contributed by atoms with Crippen molar-refractivity contribution >= 4 is 34.5 Å². The Morgan fingerprint density at radius 3 is 3.00 bits per heavy atom. The number of amides is 1. The van der Waals surface area contributed by atoms with Gasteiger partial charge in [-0.1, -0.05) is 23.9 Å². The van der Waals surface area contributed by atoms with Crippen LogP contribution in [0, 0.1) is 0 Å². The Labute approximate surface area is 130 Å². The molecule has 0 aliphatic rings.